The Bertz CT molecular complexity index is 1290. The molecule has 2 fully saturated rings. The fourth-order valence-electron chi connectivity index (χ4n) is 6.39. The zero-order valence-electron chi connectivity index (χ0n) is 25.3. The number of amides is 4. The van der Waals surface area contributed by atoms with E-state index in [9.17, 15) is 19.2 Å². The first-order valence-corrected chi connectivity index (χ1v) is 14.4. The van der Waals surface area contributed by atoms with E-state index >= 15 is 0 Å². The number of hydrogen-bond donors (Lipinski definition) is 0. The Labute approximate surface area is 243 Å². The second-order valence-corrected chi connectivity index (χ2v) is 12.9. The van der Waals surface area contributed by atoms with Gasteiger partial charge in [-0.2, -0.15) is 0 Å². The Balaban J connectivity index is 1.66. The van der Waals surface area contributed by atoms with Crippen LogP contribution in [0.2, 0.25) is 0 Å². The van der Waals surface area contributed by atoms with E-state index < -0.39 is 53.2 Å². The first-order valence-electron chi connectivity index (χ1n) is 14.4. The summed E-state index contributed by atoms with van der Waals surface area (Å²) >= 11 is 0. The fraction of sp³-hybridized carbons (Fsp3) is 0.515. The minimum atomic E-state index is -0.938. The van der Waals surface area contributed by atoms with Crippen molar-refractivity contribution in [3.8, 4) is 0 Å². The van der Waals surface area contributed by atoms with Gasteiger partial charge in [-0.05, 0) is 56.6 Å². The predicted molar refractivity (Wildman–Crippen MR) is 154 cm³/mol. The maximum absolute atomic E-state index is 14.4. The smallest absolute Gasteiger partial charge is 0.417 e. The van der Waals surface area contributed by atoms with E-state index in [0.29, 0.717) is 0 Å². The van der Waals surface area contributed by atoms with E-state index in [1.807, 2.05) is 88.4 Å². The SMILES string of the molecule is CC(C)[C@H](C)[C@@H](C(=O)N1C(=O)OC(C)(C)[C@@H]1c1ccccc1)[C@@H](C)CC(=O)N1C(=O)OC(C)(C)[C@@H]1c1ccccc1. The second kappa shape index (κ2) is 11.3. The lowest BCUT2D eigenvalue weighted by Gasteiger charge is -2.36. The molecule has 2 aromatic carbocycles. The molecule has 4 amide bonds. The Hall–Kier alpha value is -3.68. The van der Waals surface area contributed by atoms with Crippen LogP contribution in [0.25, 0.3) is 0 Å². The van der Waals surface area contributed by atoms with Crippen LogP contribution in [0.15, 0.2) is 60.7 Å². The molecule has 0 unspecified atom stereocenters. The zero-order valence-corrected chi connectivity index (χ0v) is 25.3. The van der Waals surface area contributed by atoms with Gasteiger partial charge in [0.2, 0.25) is 11.8 Å². The number of imide groups is 2. The van der Waals surface area contributed by atoms with Gasteiger partial charge in [-0.1, -0.05) is 88.4 Å². The molecule has 0 radical (unpaired) electrons. The highest BCUT2D eigenvalue weighted by atomic mass is 16.6. The van der Waals surface area contributed by atoms with Gasteiger partial charge in [-0.3, -0.25) is 9.59 Å². The number of nitrogens with zero attached hydrogens (tertiary/aromatic N) is 2. The number of carbonyl (C=O) groups excluding carboxylic acids is 4. The van der Waals surface area contributed by atoms with E-state index in [1.165, 1.54) is 9.80 Å². The number of carbonyl (C=O) groups is 4. The molecule has 0 saturated carbocycles. The Morgan fingerprint density at radius 2 is 1.15 bits per heavy atom. The largest absolute Gasteiger partial charge is 0.440 e. The van der Waals surface area contributed by atoms with Crippen molar-refractivity contribution < 1.29 is 28.7 Å². The standard InChI is InChI=1S/C33H42N2O6/c1-20(2)22(4)26(29(37)35-28(24-17-13-10-14-18-24)33(7,8)41-31(35)39)21(3)19-25(36)34-27(23-15-11-9-12-16-23)32(5,6)40-30(34)38/h9-18,20-22,26-28H,19H2,1-8H3/t21-,22-,26-,27-,28-/m0/s1. The Kier molecular flexibility index (Phi) is 8.35. The average Bonchev–Trinajstić information content (AvgIpc) is 3.30. The summed E-state index contributed by atoms with van der Waals surface area (Å²) in [6, 6.07) is 17.5. The van der Waals surface area contributed by atoms with Crippen molar-refractivity contribution in [2.24, 2.45) is 23.7 Å². The predicted octanol–water partition coefficient (Wildman–Crippen LogP) is 6.92. The van der Waals surface area contributed by atoms with Gasteiger partial charge in [-0.25, -0.2) is 19.4 Å². The number of hydrogen-bond acceptors (Lipinski definition) is 6. The third-order valence-corrected chi connectivity index (χ3v) is 8.68. The molecule has 0 bridgehead atoms. The van der Waals surface area contributed by atoms with Crippen molar-refractivity contribution in [1.82, 2.24) is 9.80 Å². The summed E-state index contributed by atoms with van der Waals surface area (Å²) in [5.74, 6) is -2.01. The van der Waals surface area contributed by atoms with Gasteiger partial charge < -0.3 is 9.47 Å². The third kappa shape index (κ3) is 5.74. The quantitative estimate of drug-likeness (QED) is 0.347. The first-order chi connectivity index (χ1) is 19.2. The van der Waals surface area contributed by atoms with Gasteiger partial charge >= 0.3 is 12.2 Å². The molecule has 0 aromatic heterocycles. The van der Waals surface area contributed by atoms with E-state index in [-0.39, 0.29) is 24.2 Å². The molecule has 0 spiro atoms. The van der Waals surface area contributed by atoms with E-state index in [0.717, 1.165) is 11.1 Å². The van der Waals surface area contributed by atoms with Crippen LogP contribution in [0.5, 0.6) is 0 Å². The van der Waals surface area contributed by atoms with Gasteiger partial charge in [0.15, 0.2) is 0 Å². The Morgan fingerprint density at radius 1 is 0.732 bits per heavy atom. The highest BCUT2D eigenvalue weighted by Crippen LogP contribution is 2.45. The van der Waals surface area contributed by atoms with Gasteiger partial charge in [0.25, 0.3) is 0 Å². The van der Waals surface area contributed by atoms with Crippen molar-refractivity contribution in [3.63, 3.8) is 0 Å². The van der Waals surface area contributed by atoms with Crippen LogP contribution in [-0.2, 0) is 19.1 Å². The fourth-order valence-corrected chi connectivity index (χ4v) is 6.39. The maximum atomic E-state index is 14.4. The average molecular weight is 563 g/mol. The lowest BCUT2D eigenvalue weighted by Crippen LogP contribution is -2.46. The molecule has 5 atom stereocenters. The number of rotatable bonds is 8. The Morgan fingerprint density at radius 3 is 1.59 bits per heavy atom. The van der Waals surface area contributed by atoms with Crippen LogP contribution in [-0.4, -0.2) is 45.0 Å². The molecule has 2 heterocycles. The summed E-state index contributed by atoms with van der Waals surface area (Å²) in [6.07, 6.45) is -1.46. The molecule has 2 saturated heterocycles. The summed E-state index contributed by atoms with van der Waals surface area (Å²) in [5.41, 5.74) is -0.276. The van der Waals surface area contributed by atoms with Crippen LogP contribution >= 0.6 is 0 Å². The molecule has 4 rings (SSSR count). The van der Waals surface area contributed by atoms with Crippen molar-refractivity contribution in [2.45, 2.75) is 85.1 Å². The molecular formula is C33H42N2O6. The number of cyclic esters (lactones) is 2. The monoisotopic (exact) mass is 562 g/mol. The molecule has 2 aliphatic rings. The van der Waals surface area contributed by atoms with Crippen LogP contribution in [0, 0.1) is 23.7 Å². The maximum Gasteiger partial charge on any atom is 0.417 e. The topological polar surface area (TPSA) is 93.2 Å². The van der Waals surface area contributed by atoms with Crippen LogP contribution in [0.1, 0.15) is 85.0 Å². The van der Waals surface area contributed by atoms with Gasteiger partial charge in [0.05, 0.1) is 0 Å². The lowest BCUT2D eigenvalue weighted by atomic mass is 9.75. The van der Waals surface area contributed by atoms with Crippen molar-refractivity contribution in [1.29, 1.82) is 0 Å². The molecule has 0 aliphatic carbocycles. The molecule has 220 valence electrons. The van der Waals surface area contributed by atoms with Gasteiger partial charge in [-0.15, -0.1) is 0 Å². The van der Waals surface area contributed by atoms with Crippen molar-refractivity contribution in [2.75, 3.05) is 0 Å². The van der Waals surface area contributed by atoms with Crippen LogP contribution < -0.4 is 0 Å². The van der Waals surface area contributed by atoms with Crippen LogP contribution in [0.4, 0.5) is 9.59 Å². The summed E-state index contributed by atoms with van der Waals surface area (Å²) in [6.45, 7) is 15.0. The van der Waals surface area contributed by atoms with Crippen molar-refractivity contribution in [3.05, 3.63) is 71.8 Å². The first kappa shape index (κ1) is 30.3. The van der Waals surface area contributed by atoms with Crippen LogP contribution in [0.3, 0.4) is 0 Å². The lowest BCUT2D eigenvalue weighted by molar-refractivity contribution is -0.140. The van der Waals surface area contributed by atoms with Crippen molar-refractivity contribution >= 4 is 24.0 Å². The van der Waals surface area contributed by atoms with Gasteiger partial charge in [0.1, 0.15) is 23.3 Å². The summed E-state index contributed by atoms with van der Waals surface area (Å²) < 4.78 is 11.3. The molecule has 8 heteroatoms. The normalized spacial score (nSPS) is 23.6. The van der Waals surface area contributed by atoms with E-state index in [2.05, 4.69) is 0 Å². The number of benzene rings is 2. The summed E-state index contributed by atoms with van der Waals surface area (Å²) in [5, 5.41) is 0. The highest BCUT2D eigenvalue weighted by Gasteiger charge is 2.55. The van der Waals surface area contributed by atoms with Gasteiger partial charge in [0, 0.05) is 12.3 Å². The molecule has 2 aromatic rings. The minimum Gasteiger partial charge on any atom is -0.440 e. The molecule has 41 heavy (non-hydrogen) atoms. The number of ether oxygens (including phenoxy) is 2. The second-order valence-electron chi connectivity index (χ2n) is 12.9. The summed E-state index contributed by atoms with van der Waals surface area (Å²) in [7, 11) is 0. The van der Waals surface area contributed by atoms with E-state index in [4.69, 9.17) is 9.47 Å². The highest BCUT2D eigenvalue weighted by molar-refractivity contribution is 5.97. The minimum absolute atomic E-state index is 0.0652. The summed E-state index contributed by atoms with van der Waals surface area (Å²) in [4.78, 5) is 56.9. The molecule has 2 aliphatic heterocycles. The molecule has 0 N–H and O–H groups in total. The van der Waals surface area contributed by atoms with E-state index in [1.54, 1.807) is 27.7 Å². The molecular weight excluding hydrogens is 520 g/mol. The zero-order chi connectivity index (χ0) is 30.3. The molecule has 8 nitrogen and oxygen atoms in total. The third-order valence-electron chi connectivity index (χ3n) is 8.68.